The van der Waals surface area contributed by atoms with Gasteiger partial charge in [-0.1, -0.05) is 37.6 Å². The lowest BCUT2D eigenvalue weighted by molar-refractivity contribution is -0.141. The number of hydrogen-bond acceptors (Lipinski definition) is 5. The number of aromatic nitrogens is 1. The zero-order valence-corrected chi connectivity index (χ0v) is 18.5. The highest BCUT2D eigenvalue weighted by molar-refractivity contribution is 6.35. The molecule has 7 nitrogen and oxygen atoms in total. The molecule has 2 heterocycles. The predicted octanol–water partition coefficient (Wildman–Crippen LogP) is 3.09. The molecule has 1 saturated carbocycles. The topological polar surface area (TPSA) is 95.3 Å². The zero-order valence-electron chi connectivity index (χ0n) is 17.8. The Balaban J connectivity index is 1.61. The van der Waals surface area contributed by atoms with Crippen LogP contribution >= 0.6 is 11.6 Å². The number of nitrogens with one attached hydrogen (secondary N) is 1. The van der Waals surface area contributed by atoms with Gasteiger partial charge in [0, 0.05) is 47.4 Å². The number of methoxy groups -OCH3 is 1. The summed E-state index contributed by atoms with van der Waals surface area (Å²) in [6.45, 7) is 5.10. The average molecular weight is 441 g/mol. The standard InChI is InChI=1S/C23H25ClN4O3/c1-23(2)15-12-28(18(29)7-8-31-3)21(20(15)23)22(30)27-17(9-25)14-11-26-10-13-5-4-6-16(24)19(13)14/h4-6,10-11,15,17,20-21H,7-8,12H2,1-3H3,(H,27,30)/t15?,17?,20?,21-/m0/s1. The van der Waals surface area contributed by atoms with Crippen molar-refractivity contribution in [2.75, 3.05) is 20.3 Å². The number of carbonyl (C=O) groups excluding carboxylic acids is 2. The summed E-state index contributed by atoms with van der Waals surface area (Å²) < 4.78 is 5.03. The molecule has 1 aromatic carbocycles. The largest absolute Gasteiger partial charge is 0.384 e. The number of hydrogen-bond donors (Lipinski definition) is 1. The highest BCUT2D eigenvalue weighted by atomic mass is 35.5. The summed E-state index contributed by atoms with van der Waals surface area (Å²) in [5.41, 5.74) is 0.535. The number of nitriles is 1. The molecular weight excluding hydrogens is 416 g/mol. The van der Waals surface area contributed by atoms with Crippen molar-refractivity contribution in [1.29, 1.82) is 5.26 Å². The van der Waals surface area contributed by atoms with Crippen LogP contribution in [0.1, 0.15) is 31.9 Å². The Bertz CT molecular complexity index is 1070. The molecule has 31 heavy (non-hydrogen) atoms. The number of carbonyl (C=O) groups is 2. The van der Waals surface area contributed by atoms with Crippen LogP contribution in [0, 0.1) is 28.6 Å². The van der Waals surface area contributed by atoms with E-state index < -0.39 is 12.1 Å². The molecule has 2 amide bonds. The van der Waals surface area contributed by atoms with Gasteiger partial charge in [0.2, 0.25) is 11.8 Å². The lowest BCUT2D eigenvalue weighted by Crippen LogP contribution is -2.50. The van der Waals surface area contributed by atoms with Gasteiger partial charge >= 0.3 is 0 Å². The van der Waals surface area contributed by atoms with Crippen molar-refractivity contribution in [3.8, 4) is 6.07 Å². The van der Waals surface area contributed by atoms with E-state index in [2.05, 4.69) is 30.2 Å². The van der Waals surface area contributed by atoms with E-state index in [1.54, 1.807) is 30.5 Å². The highest BCUT2D eigenvalue weighted by Gasteiger charge is 2.69. The first-order chi connectivity index (χ1) is 14.8. The molecule has 162 valence electrons. The van der Waals surface area contributed by atoms with E-state index >= 15 is 0 Å². The zero-order chi connectivity index (χ0) is 22.3. The third-order valence-electron chi connectivity index (χ3n) is 6.81. The Labute approximate surface area is 186 Å². The molecule has 1 aromatic heterocycles. The Hall–Kier alpha value is -2.69. The highest BCUT2D eigenvalue weighted by Crippen LogP contribution is 2.64. The fourth-order valence-corrected chi connectivity index (χ4v) is 5.31. The predicted molar refractivity (Wildman–Crippen MR) is 116 cm³/mol. The molecular formula is C23H25ClN4O3. The maximum absolute atomic E-state index is 13.4. The second-order valence-corrected chi connectivity index (χ2v) is 9.23. The second kappa shape index (κ2) is 8.10. The van der Waals surface area contributed by atoms with Crippen LogP contribution in [-0.4, -0.2) is 48.0 Å². The van der Waals surface area contributed by atoms with Crippen LogP contribution in [0.25, 0.3) is 10.8 Å². The van der Waals surface area contributed by atoms with E-state index in [-0.39, 0.29) is 35.5 Å². The smallest absolute Gasteiger partial charge is 0.244 e. The SMILES string of the molecule is COCCC(=O)N1CC2C([C@H]1C(=O)NC(C#N)c1cncc3cccc(Cl)c13)C2(C)C. The molecule has 3 unspecified atom stereocenters. The van der Waals surface area contributed by atoms with Gasteiger partial charge in [0.1, 0.15) is 12.1 Å². The minimum absolute atomic E-state index is 0.00745. The summed E-state index contributed by atoms with van der Waals surface area (Å²) in [6, 6.07) is 6.05. The number of benzene rings is 1. The number of likely N-dealkylation sites (tertiary alicyclic amines) is 1. The Morgan fingerprint density at radius 2 is 2.19 bits per heavy atom. The number of piperidine rings is 1. The molecule has 1 aliphatic carbocycles. The number of amides is 2. The third kappa shape index (κ3) is 3.64. The first-order valence-electron chi connectivity index (χ1n) is 10.3. The molecule has 1 aliphatic heterocycles. The van der Waals surface area contributed by atoms with E-state index in [4.69, 9.17) is 16.3 Å². The van der Waals surface area contributed by atoms with Crippen LogP contribution in [-0.2, 0) is 14.3 Å². The number of ether oxygens (including phenoxy) is 1. The Morgan fingerprint density at radius 3 is 2.90 bits per heavy atom. The fraction of sp³-hybridized carbons (Fsp3) is 0.478. The van der Waals surface area contributed by atoms with Gasteiger partial charge in [0.25, 0.3) is 0 Å². The summed E-state index contributed by atoms with van der Waals surface area (Å²) in [4.78, 5) is 32.0. The number of rotatable bonds is 6. The summed E-state index contributed by atoms with van der Waals surface area (Å²) in [5, 5.41) is 14.7. The van der Waals surface area contributed by atoms with Crippen molar-refractivity contribution in [1.82, 2.24) is 15.2 Å². The van der Waals surface area contributed by atoms with Gasteiger partial charge in [-0.3, -0.25) is 14.6 Å². The van der Waals surface area contributed by atoms with Crippen molar-refractivity contribution in [2.24, 2.45) is 17.3 Å². The van der Waals surface area contributed by atoms with Crippen molar-refractivity contribution in [3.63, 3.8) is 0 Å². The monoisotopic (exact) mass is 440 g/mol. The van der Waals surface area contributed by atoms with Gasteiger partial charge in [-0.25, -0.2) is 0 Å². The number of fused-ring (bicyclic) bond motifs is 2. The molecule has 2 aromatic rings. The van der Waals surface area contributed by atoms with E-state index in [0.717, 1.165) is 5.39 Å². The van der Waals surface area contributed by atoms with Crippen molar-refractivity contribution >= 4 is 34.2 Å². The molecule has 0 bridgehead atoms. The molecule has 0 radical (unpaired) electrons. The maximum Gasteiger partial charge on any atom is 0.244 e. The summed E-state index contributed by atoms with van der Waals surface area (Å²) in [7, 11) is 1.54. The fourth-order valence-electron chi connectivity index (χ4n) is 5.02. The van der Waals surface area contributed by atoms with Gasteiger partial charge in [-0.05, 0) is 23.3 Å². The van der Waals surface area contributed by atoms with Gasteiger partial charge in [0.05, 0.1) is 19.1 Å². The molecule has 4 rings (SSSR count). The van der Waals surface area contributed by atoms with Crippen molar-refractivity contribution in [2.45, 2.75) is 32.4 Å². The lowest BCUT2D eigenvalue weighted by Gasteiger charge is -2.30. The van der Waals surface area contributed by atoms with Crippen molar-refractivity contribution in [3.05, 3.63) is 41.2 Å². The summed E-state index contributed by atoms with van der Waals surface area (Å²) >= 11 is 6.39. The second-order valence-electron chi connectivity index (χ2n) is 8.82. The van der Waals surface area contributed by atoms with Gasteiger partial charge < -0.3 is 15.0 Å². The van der Waals surface area contributed by atoms with Crippen LogP contribution in [0.5, 0.6) is 0 Å². The molecule has 2 fully saturated rings. The number of nitrogens with zero attached hydrogens (tertiary/aromatic N) is 3. The van der Waals surface area contributed by atoms with E-state index in [1.165, 1.54) is 0 Å². The average Bonchev–Trinajstić information content (AvgIpc) is 3.10. The molecule has 8 heteroatoms. The minimum atomic E-state index is -0.930. The van der Waals surface area contributed by atoms with Crippen LogP contribution in [0.2, 0.25) is 5.02 Å². The molecule has 2 aliphatic rings. The lowest BCUT2D eigenvalue weighted by atomic mass is 9.98. The van der Waals surface area contributed by atoms with Crippen LogP contribution in [0.15, 0.2) is 30.6 Å². The van der Waals surface area contributed by atoms with Gasteiger partial charge in [-0.2, -0.15) is 5.26 Å². The molecule has 0 spiro atoms. The Kier molecular flexibility index (Phi) is 5.63. The summed E-state index contributed by atoms with van der Waals surface area (Å²) in [5.74, 6) is -0.0654. The molecule has 1 N–H and O–H groups in total. The maximum atomic E-state index is 13.4. The number of pyridine rings is 1. The van der Waals surface area contributed by atoms with E-state index in [1.807, 2.05) is 12.1 Å². The normalized spacial score (nSPS) is 24.4. The van der Waals surface area contributed by atoms with Crippen LogP contribution in [0.4, 0.5) is 0 Å². The van der Waals surface area contributed by atoms with Crippen LogP contribution < -0.4 is 5.32 Å². The molecule has 1 saturated heterocycles. The van der Waals surface area contributed by atoms with Gasteiger partial charge in [-0.15, -0.1) is 0 Å². The third-order valence-corrected chi connectivity index (χ3v) is 7.12. The first-order valence-corrected chi connectivity index (χ1v) is 10.7. The van der Waals surface area contributed by atoms with Crippen molar-refractivity contribution < 1.29 is 14.3 Å². The quantitative estimate of drug-likeness (QED) is 0.744. The number of halogens is 1. The van der Waals surface area contributed by atoms with Gasteiger partial charge in [0.15, 0.2) is 0 Å². The molecule has 4 atom stereocenters. The Morgan fingerprint density at radius 1 is 1.42 bits per heavy atom. The summed E-state index contributed by atoms with van der Waals surface area (Å²) in [6.07, 6.45) is 3.46. The van der Waals surface area contributed by atoms with E-state index in [0.29, 0.717) is 29.1 Å². The minimum Gasteiger partial charge on any atom is -0.384 e. The van der Waals surface area contributed by atoms with E-state index in [9.17, 15) is 14.9 Å². The first kappa shape index (κ1) is 21.5. The van der Waals surface area contributed by atoms with Crippen LogP contribution in [0.3, 0.4) is 0 Å².